The summed E-state index contributed by atoms with van der Waals surface area (Å²) in [5.41, 5.74) is 4.60. The van der Waals surface area contributed by atoms with Gasteiger partial charge in [0.25, 0.3) is 0 Å². The van der Waals surface area contributed by atoms with E-state index in [2.05, 4.69) is 54.4 Å². The predicted molar refractivity (Wildman–Crippen MR) is 82.0 cm³/mol. The molecule has 0 N–H and O–H groups in total. The number of hydrogen-bond donors (Lipinski definition) is 0. The van der Waals surface area contributed by atoms with Crippen molar-refractivity contribution in [3.05, 3.63) is 53.6 Å². The van der Waals surface area contributed by atoms with Gasteiger partial charge in [0, 0.05) is 12.6 Å². The number of nitrogens with zero attached hydrogens (tertiary/aromatic N) is 1. The Labute approximate surface area is 116 Å². The third-order valence-electron chi connectivity index (χ3n) is 4.47. The standard InChI is InChI=1S/C18H23N/c1-19-13-12-17(15-8-4-2-5-9-15)14-18(19)16-10-6-3-7-11-16/h2,4-5,8-10,12,18H,3,6-7,11,13-14H2,1H3. The first-order valence-electron chi connectivity index (χ1n) is 7.48. The lowest BCUT2D eigenvalue weighted by molar-refractivity contribution is 0.285. The average Bonchev–Trinajstić information content (AvgIpc) is 2.49. The molecule has 100 valence electrons. The Balaban J connectivity index is 1.81. The Morgan fingerprint density at radius 3 is 2.63 bits per heavy atom. The van der Waals surface area contributed by atoms with Crippen LogP contribution < -0.4 is 0 Å². The van der Waals surface area contributed by atoms with Gasteiger partial charge in [0.05, 0.1) is 0 Å². The second kappa shape index (κ2) is 5.75. The minimum Gasteiger partial charge on any atom is -0.296 e. The fourth-order valence-corrected chi connectivity index (χ4v) is 3.30. The van der Waals surface area contributed by atoms with Crippen LogP contribution in [0.4, 0.5) is 0 Å². The Bertz CT molecular complexity index is 484. The third-order valence-corrected chi connectivity index (χ3v) is 4.47. The molecule has 0 bridgehead atoms. The van der Waals surface area contributed by atoms with Gasteiger partial charge in [0.2, 0.25) is 0 Å². The fourth-order valence-electron chi connectivity index (χ4n) is 3.30. The highest BCUT2D eigenvalue weighted by Gasteiger charge is 2.24. The molecule has 1 atom stereocenters. The lowest BCUT2D eigenvalue weighted by atomic mass is 9.86. The molecular weight excluding hydrogens is 230 g/mol. The molecular formula is C18H23N. The summed E-state index contributed by atoms with van der Waals surface area (Å²) in [5, 5.41) is 0. The maximum atomic E-state index is 2.50. The van der Waals surface area contributed by atoms with Crippen molar-refractivity contribution in [2.45, 2.75) is 38.1 Å². The van der Waals surface area contributed by atoms with E-state index in [1.54, 1.807) is 5.57 Å². The van der Waals surface area contributed by atoms with Crippen LogP contribution in [0.3, 0.4) is 0 Å². The molecule has 1 aromatic carbocycles. The van der Waals surface area contributed by atoms with Crippen molar-refractivity contribution in [3.63, 3.8) is 0 Å². The van der Waals surface area contributed by atoms with Crippen LogP contribution in [-0.4, -0.2) is 24.5 Å². The second-order valence-electron chi connectivity index (χ2n) is 5.78. The number of hydrogen-bond acceptors (Lipinski definition) is 1. The first kappa shape index (κ1) is 12.7. The van der Waals surface area contributed by atoms with Crippen molar-refractivity contribution in [3.8, 4) is 0 Å². The Kier molecular flexibility index (Phi) is 3.84. The van der Waals surface area contributed by atoms with Crippen LogP contribution in [0.2, 0.25) is 0 Å². The van der Waals surface area contributed by atoms with Crippen LogP contribution in [0.5, 0.6) is 0 Å². The zero-order chi connectivity index (χ0) is 13.1. The van der Waals surface area contributed by atoms with Gasteiger partial charge in [-0.2, -0.15) is 0 Å². The Morgan fingerprint density at radius 1 is 1.05 bits per heavy atom. The van der Waals surface area contributed by atoms with E-state index in [9.17, 15) is 0 Å². The average molecular weight is 253 g/mol. The first-order chi connectivity index (χ1) is 9.34. The molecule has 19 heavy (non-hydrogen) atoms. The largest absolute Gasteiger partial charge is 0.296 e. The van der Waals surface area contributed by atoms with E-state index in [1.165, 1.54) is 43.2 Å². The smallest absolute Gasteiger partial charge is 0.0348 e. The van der Waals surface area contributed by atoms with Gasteiger partial charge in [0.1, 0.15) is 0 Å². The maximum Gasteiger partial charge on any atom is 0.0348 e. The molecule has 1 unspecified atom stereocenters. The van der Waals surface area contributed by atoms with Gasteiger partial charge in [-0.25, -0.2) is 0 Å². The minimum atomic E-state index is 0.625. The Morgan fingerprint density at radius 2 is 1.89 bits per heavy atom. The van der Waals surface area contributed by atoms with E-state index in [0.29, 0.717) is 6.04 Å². The summed E-state index contributed by atoms with van der Waals surface area (Å²) in [6.07, 6.45) is 11.4. The van der Waals surface area contributed by atoms with Crippen molar-refractivity contribution in [1.29, 1.82) is 0 Å². The molecule has 2 aliphatic rings. The summed E-state index contributed by atoms with van der Waals surface area (Å²) in [6, 6.07) is 11.5. The molecule has 0 saturated carbocycles. The lowest BCUT2D eigenvalue weighted by Gasteiger charge is -2.35. The van der Waals surface area contributed by atoms with Crippen molar-refractivity contribution in [2.75, 3.05) is 13.6 Å². The summed E-state index contributed by atoms with van der Waals surface area (Å²) in [6.45, 7) is 1.08. The van der Waals surface area contributed by atoms with Crippen LogP contribution >= 0.6 is 0 Å². The predicted octanol–water partition coefficient (Wildman–Crippen LogP) is 4.27. The van der Waals surface area contributed by atoms with Crippen molar-refractivity contribution in [2.24, 2.45) is 0 Å². The normalized spacial score (nSPS) is 24.8. The molecule has 1 heterocycles. The van der Waals surface area contributed by atoms with E-state index in [-0.39, 0.29) is 0 Å². The summed E-state index contributed by atoms with van der Waals surface area (Å²) in [4.78, 5) is 2.50. The van der Waals surface area contributed by atoms with Gasteiger partial charge < -0.3 is 0 Å². The van der Waals surface area contributed by atoms with Gasteiger partial charge >= 0.3 is 0 Å². The molecule has 0 aromatic heterocycles. The van der Waals surface area contributed by atoms with E-state index >= 15 is 0 Å². The molecule has 1 nitrogen and oxygen atoms in total. The van der Waals surface area contributed by atoms with Crippen molar-refractivity contribution >= 4 is 5.57 Å². The van der Waals surface area contributed by atoms with Gasteiger partial charge in [0.15, 0.2) is 0 Å². The minimum absolute atomic E-state index is 0.625. The van der Waals surface area contributed by atoms with Crippen LogP contribution in [0.25, 0.3) is 5.57 Å². The zero-order valence-corrected chi connectivity index (χ0v) is 11.8. The fraction of sp³-hybridized carbons (Fsp3) is 0.444. The number of benzene rings is 1. The van der Waals surface area contributed by atoms with Gasteiger partial charge in [-0.15, -0.1) is 0 Å². The second-order valence-corrected chi connectivity index (χ2v) is 5.78. The van der Waals surface area contributed by atoms with Crippen LogP contribution in [0.1, 0.15) is 37.7 Å². The molecule has 1 heteroatoms. The molecule has 1 aromatic rings. The quantitative estimate of drug-likeness (QED) is 0.711. The molecule has 1 aliphatic carbocycles. The molecule has 0 radical (unpaired) electrons. The van der Waals surface area contributed by atoms with Crippen molar-refractivity contribution < 1.29 is 0 Å². The first-order valence-corrected chi connectivity index (χ1v) is 7.48. The summed E-state index contributed by atoms with van der Waals surface area (Å²) >= 11 is 0. The summed E-state index contributed by atoms with van der Waals surface area (Å²) in [7, 11) is 2.26. The molecule has 0 fully saturated rings. The summed E-state index contributed by atoms with van der Waals surface area (Å²) < 4.78 is 0. The topological polar surface area (TPSA) is 3.24 Å². The third kappa shape index (κ3) is 2.82. The Hall–Kier alpha value is -1.34. The number of allylic oxidation sites excluding steroid dienone is 1. The van der Waals surface area contributed by atoms with Crippen LogP contribution in [0, 0.1) is 0 Å². The summed E-state index contributed by atoms with van der Waals surface area (Å²) in [5.74, 6) is 0. The van der Waals surface area contributed by atoms with E-state index in [1.807, 2.05) is 0 Å². The highest BCUT2D eigenvalue weighted by Crippen LogP contribution is 2.32. The van der Waals surface area contributed by atoms with Crippen LogP contribution in [0.15, 0.2) is 48.1 Å². The van der Waals surface area contributed by atoms with Gasteiger partial charge in [-0.1, -0.05) is 48.1 Å². The number of rotatable bonds is 2. The SMILES string of the molecule is CN1CC=C(c2ccccc2)CC1C1=CCCCC1. The van der Waals surface area contributed by atoms with Crippen molar-refractivity contribution in [1.82, 2.24) is 4.90 Å². The zero-order valence-electron chi connectivity index (χ0n) is 11.8. The number of likely N-dealkylation sites (N-methyl/N-ethyl adjacent to an activating group) is 1. The molecule has 1 aliphatic heterocycles. The highest BCUT2D eigenvalue weighted by atomic mass is 15.1. The van der Waals surface area contributed by atoms with Gasteiger partial charge in [-0.05, 0) is 50.3 Å². The van der Waals surface area contributed by atoms with Gasteiger partial charge in [-0.3, -0.25) is 4.90 Å². The molecule has 0 spiro atoms. The van der Waals surface area contributed by atoms with E-state index < -0.39 is 0 Å². The molecule has 3 rings (SSSR count). The highest BCUT2D eigenvalue weighted by molar-refractivity contribution is 5.67. The maximum absolute atomic E-state index is 2.50. The molecule has 0 saturated heterocycles. The monoisotopic (exact) mass is 253 g/mol. The van der Waals surface area contributed by atoms with E-state index in [4.69, 9.17) is 0 Å². The van der Waals surface area contributed by atoms with E-state index in [0.717, 1.165) is 6.54 Å². The lowest BCUT2D eigenvalue weighted by Crippen LogP contribution is -2.37. The van der Waals surface area contributed by atoms with Crippen LogP contribution in [-0.2, 0) is 0 Å². The molecule has 0 amide bonds.